The first kappa shape index (κ1) is 28.9. The van der Waals surface area contributed by atoms with Crippen molar-refractivity contribution in [3.8, 4) is 5.75 Å². The minimum Gasteiger partial charge on any atom is -0.406 e. The maximum absolute atomic E-state index is 13.4. The van der Waals surface area contributed by atoms with Crippen LogP contribution < -0.4 is 4.74 Å². The molecule has 1 amide bonds. The fraction of sp³-hybridized carbons (Fsp3) is 0.448. The van der Waals surface area contributed by atoms with Gasteiger partial charge in [0.1, 0.15) is 5.75 Å². The summed E-state index contributed by atoms with van der Waals surface area (Å²) in [5, 5.41) is 11.5. The van der Waals surface area contributed by atoms with Crippen LogP contribution in [0.2, 0.25) is 10.0 Å². The van der Waals surface area contributed by atoms with Crippen molar-refractivity contribution in [3.05, 3.63) is 69.8 Å². The Morgan fingerprint density at radius 2 is 1.77 bits per heavy atom. The van der Waals surface area contributed by atoms with Gasteiger partial charge in [-0.15, -0.1) is 13.2 Å². The van der Waals surface area contributed by atoms with Crippen molar-refractivity contribution in [2.24, 2.45) is 11.8 Å². The summed E-state index contributed by atoms with van der Waals surface area (Å²) in [6.07, 6.45) is 0.0207. The highest BCUT2D eigenvalue weighted by atomic mass is 35.5. The van der Waals surface area contributed by atoms with Gasteiger partial charge in [-0.1, -0.05) is 29.3 Å². The Balaban J connectivity index is 1.20. The van der Waals surface area contributed by atoms with E-state index >= 15 is 0 Å². The van der Waals surface area contributed by atoms with Crippen LogP contribution in [0, 0.1) is 11.8 Å². The van der Waals surface area contributed by atoms with Crippen LogP contribution in [0.1, 0.15) is 35.2 Å². The van der Waals surface area contributed by atoms with Crippen LogP contribution in [0.4, 0.5) is 13.2 Å². The fourth-order valence-corrected chi connectivity index (χ4v) is 6.32. The number of carbonyl (C=O) groups excluding carboxylic acids is 1. The number of halogens is 5. The van der Waals surface area contributed by atoms with Gasteiger partial charge in [0.15, 0.2) is 0 Å². The molecule has 2 aromatic carbocycles. The van der Waals surface area contributed by atoms with Crippen LogP contribution in [0.3, 0.4) is 0 Å². The lowest BCUT2D eigenvalue weighted by Crippen LogP contribution is -2.52. The summed E-state index contributed by atoms with van der Waals surface area (Å²) in [5.74, 6) is -0.143. The van der Waals surface area contributed by atoms with Crippen LogP contribution in [-0.4, -0.2) is 71.0 Å². The summed E-state index contributed by atoms with van der Waals surface area (Å²) in [7, 11) is 0. The Bertz CT molecular complexity index is 1370. The van der Waals surface area contributed by atoms with Gasteiger partial charge in [-0.25, -0.2) is 0 Å². The molecule has 0 saturated carbocycles. The zero-order valence-electron chi connectivity index (χ0n) is 21.7. The van der Waals surface area contributed by atoms with Gasteiger partial charge in [-0.3, -0.25) is 14.7 Å². The van der Waals surface area contributed by atoms with Gasteiger partial charge < -0.3 is 14.7 Å². The third-order valence-electron chi connectivity index (χ3n) is 8.08. The van der Waals surface area contributed by atoms with E-state index in [2.05, 4.69) is 14.6 Å². The molecule has 0 aliphatic carbocycles. The van der Waals surface area contributed by atoms with E-state index in [9.17, 15) is 23.1 Å². The topological polar surface area (TPSA) is 65.9 Å². The highest BCUT2D eigenvalue weighted by molar-refractivity contribution is 6.42. The summed E-state index contributed by atoms with van der Waals surface area (Å²) in [6, 6.07) is 11.3. The molecule has 2 fully saturated rings. The van der Waals surface area contributed by atoms with E-state index in [0.29, 0.717) is 51.6 Å². The van der Waals surface area contributed by atoms with Gasteiger partial charge >= 0.3 is 6.36 Å². The Hall–Kier alpha value is -2.59. The quantitative estimate of drug-likeness (QED) is 0.366. The molecule has 3 heterocycles. The number of aliphatic hydroxyl groups excluding tert-OH is 1. The number of amides is 1. The van der Waals surface area contributed by atoms with Crippen molar-refractivity contribution >= 4 is 40.0 Å². The number of ether oxygens (including phenoxy) is 1. The lowest BCUT2D eigenvalue weighted by atomic mass is 9.80. The number of aromatic nitrogens is 1. The number of hydrogen-bond donors (Lipinski definition) is 1. The Kier molecular flexibility index (Phi) is 8.75. The summed E-state index contributed by atoms with van der Waals surface area (Å²) in [6.45, 7) is 2.89. The number of fused-ring (bicyclic) bond motifs is 1. The van der Waals surface area contributed by atoms with Gasteiger partial charge in [0.2, 0.25) is 0 Å². The molecule has 2 saturated heterocycles. The number of alkyl halides is 3. The van der Waals surface area contributed by atoms with Crippen LogP contribution in [-0.2, 0) is 6.42 Å². The number of carbonyl (C=O) groups is 1. The van der Waals surface area contributed by atoms with E-state index in [4.69, 9.17) is 23.2 Å². The van der Waals surface area contributed by atoms with Gasteiger partial charge in [0.05, 0.1) is 21.1 Å². The first-order chi connectivity index (χ1) is 19.1. The number of nitrogens with zero attached hydrogens (tertiary/aromatic N) is 3. The Morgan fingerprint density at radius 1 is 1.00 bits per heavy atom. The van der Waals surface area contributed by atoms with E-state index in [1.54, 1.807) is 17.0 Å². The molecule has 6 nitrogen and oxygen atoms in total. The molecule has 5 rings (SSSR count). The van der Waals surface area contributed by atoms with E-state index in [0.717, 1.165) is 44.3 Å². The minimum atomic E-state index is -4.82. The number of rotatable bonds is 6. The average Bonchev–Trinajstić information content (AvgIpc) is 2.94. The molecular formula is C29H30Cl2F3N3O3. The lowest BCUT2D eigenvalue weighted by Gasteiger charge is -2.44. The number of piperidine rings is 2. The van der Waals surface area contributed by atoms with Crippen LogP contribution in [0.25, 0.3) is 10.9 Å². The number of pyridine rings is 1. The smallest absolute Gasteiger partial charge is 0.406 e. The van der Waals surface area contributed by atoms with E-state index in [1.165, 1.54) is 24.4 Å². The van der Waals surface area contributed by atoms with Gasteiger partial charge in [-0.2, -0.15) is 0 Å². The molecule has 0 radical (unpaired) electrons. The molecule has 2 atom stereocenters. The predicted octanol–water partition coefficient (Wildman–Crippen LogP) is 6.22. The van der Waals surface area contributed by atoms with Crippen molar-refractivity contribution in [1.82, 2.24) is 14.8 Å². The molecule has 11 heteroatoms. The highest BCUT2D eigenvalue weighted by Gasteiger charge is 2.35. The fourth-order valence-electron chi connectivity index (χ4n) is 6.00. The molecule has 214 valence electrons. The molecule has 0 unspecified atom stereocenters. The standard InChI is InChI=1S/C29H30Cl2F3N3O3/c30-25-3-1-18(14-26(25)31)13-19-6-10-37(16-20(19)17-38)21-7-11-36(12-8-21)28(39)23-5-9-35-27-4-2-22(15-24(23)27)40-29(32,33)34/h1-5,9,14-15,19-21,38H,6-8,10-13,16-17H2/t19-,20+/m1/s1. The van der Waals surface area contributed by atoms with Gasteiger partial charge in [0, 0.05) is 43.9 Å². The highest BCUT2D eigenvalue weighted by Crippen LogP contribution is 2.33. The van der Waals surface area contributed by atoms with Crippen molar-refractivity contribution < 1.29 is 27.8 Å². The maximum Gasteiger partial charge on any atom is 0.573 e. The second-order valence-corrected chi connectivity index (χ2v) is 11.4. The zero-order chi connectivity index (χ0) is 28.4. The van der Waals surface area contributed by atoms with Crippen LogP contribution >= 0.6 is 23.2 Å². The molecule has 2 aliphatic rings. The van der Waals surface area contributed by atoms with Crippen molar-refractivity contribution in [1.29, 1.82) is 0 Å². The third kappa shape index (κ3) is 6.65. The van der Waals surface area contributed by atoms with E-state index < -0.39 is 6.36 Å². The van der Waals surface area contributed by atoms with Crippen molar-refractivity contribution in [3.63, 3.8) is 0 Å². The normalized spacial score (nSPS) is 21.1. The number of likely N-dealkylation sites (tertiary alicyclic amines) is 2. The van der Waals surface area contributed by atoms with Crippen molar-refractivity contribution in [2.75, 3.05) is 32.8 Å². The second kappa shape index (κ2) is 12.1. The van der Waals surface area contributed by atoms with E-state index in [-0.39, 0.29) is 24.2 Å². The second-order valence-electron chi connectivity index (χ2n) is 10.5. The lowest BCUT2D eigenvalue weighted by molar-refractivity contribution is -0.274. The molecule has 40 heavy (non-hydrogen) atoms. The third-order valence-corrected chi connectivity index (χ3v) is 8.82. The SMILES string of the molecule is O=C(c1ccnc2ccc(OC(F)(F)F)cc12)N1CCC(N2CC[C@H](Cc3ccc(Cl)c(Cl)c3)[C@H](CO)C2)CC1. The minimum absolute atomic E-state index is 0.106. The number of aliphatic hydroxyl groups is 1. The summed E-state index contributed by atoms with van der Waals surface area (Å²) >= 11 is 12.2. The van der Waals surface area contributed by atoms with E-state index in [1.807, 2.05) is 12.1 Å². The predicted molar refractivity (Wildman–Crippen MR) is 148 cm³/mol. The number of benzene rings is 2. The molecule has 0 spiro atoms. The van der Waals surface area contributed by atoms with Crippen molar-refractivity contribution in [2.45, 2.75) is 38.1 Å². The van der Waals surface area contributed by atoms with Gasteiger partial charge in [0.25, 0.3) is 5.91 Å². The largest absolute Gasteiger partial charge is 0.573 e. The maximum atomic E-state index is 13.4. The summed E-state index contributed by atoms with van der Waals surface area (Å²) in [4.78, 5) is 21.8. The van der Waals surface area contributed by atoms with Gasteiger partial charge in [-0.05, 0) is 86.0 Å². The summed E-state index contributed by atoms with van der Waals surface area (Å²) in [5.41, 5.74) is 1.84. The summed E-state index contributed by atoms with van der Waals surface area (Å²) < 4.78 is 42.3. The zero-order valence-corrected chi connectivity index (χ0v) is 23.2. The Morgan fingerprint density at radius 3 is 2.48 bits per heavy atom. The van der Waals surface area contributed by atoms with Crippen LogP contribution in [0.5, 0.6) is 5.75 Å². The molecule has 2 aliphatic heterocycles. The molecule has 1 N–H and O–H groups in total. The molecular weight excluding hydrogens is 566 g/mol. The first-order valence-electron chi connectivity index (χ1n) is 13.3. The van der Waals surface area contributed by atoms with Crippen LogP contribution in [0.15, 0.2) is 48.7 Å². The monoisotopic (exact) mass is 595 g/mol. The molecule has 0 bridgehead atoms. The molecule has 3 aromatic rings. The number of hydrogen-bond acceptors (Lipinski definition) is 5. The average molecular weight is 596 g/mol. The molecule has 1 aromatic heterocycles. The Labute approximate surface area is 240 Å². The first-order valence-corrected chi connectivity index (χ1v) is 14.1.